The average molecular weight is 382 g/mol. The summed E-state index contributed by atoms with van der Waals surface area (Å²) < 4.78 is 0. The molecule has 2 heterocycles. The number of piperidine rings is 1. The van der Waals surface area contributed by atoms with Crippen molar-refractivity contribution in [2.45, 2.75) is 26.3 Å². The summed E-state index contributed by atoms with van der Waals surface area (Å²) in [5.41, 5.74) is 3.39. The van der Waals surface area contributed by atoms with Gasteiger partial charge in [0, 0.05) is 11.6 Å². The normalized spacial score (nSPS) is 19.3. The first-order valence-electron chi connectivity index (χ1n) is 8.20. The largest absolute Gasteiger partial charge is 0.349 e. The monoisotopic (exact) mass is 381 g/mol. The molecular weight excluding hydrogens is 357 g/mol. The van der Waals surface area contributed by atoms with Gasteiger partial charge in [-0.15, -0.1) is 24.8 Å². The van der Waals surface area contributed by atoms with Crippen LogP contribution in [0.5, 0.6) is 0 Å². The van der Waals surface area contributed by atoms with Gasteiger partial charge in [0.25, 0.3) is 5.91 Å². The van der Waals surface area contributed by atoms with Crippen molar-refractivity contribution in [1.29, 1.82) is 0 Å². The van der Waals surface area contributed by atoms with E-state index >= 15 is 0 Å². The fraction of sp³-hybridized carbons (Fsp3) is 0.368. The third-order valence-electron chi connectivity index (χ3n) is 4.50. The van der Waals surface area contributed by atoms with Gasteiger partial charge in [-0.1, -0.05) is 37.3 Å². The van der Waals surface area contributed by atoms with Gasteiger partial charge in [0.1, 0.15) is 0 Å². The summed E-state index contributed by atoms with van der Waals surface area (Å²) in [6.07, 6.45) is 0.974. The van der Waals surface area contributed by atoms with Crippen LogP contribution < -0.4 is 10.6 Å². The van der Waals surface area contributed by atoms with Gasteiger partial charge in [0.15, 0.2) is 0 Å². The number of pyridine rings is 1. The summed E-state index contributed by atoms with van der Waals surface area (Å²) in [5.74, 6) is 0.429. The summed E-state index contributed by atoms with van der Waals surface area (Å²) in [4.78, 5) is 17.2. The van der Waals surface area contributed by atoms with Gasteiger partial charge in [-0.3, -0.25) is 9.78 Å². The zero-order valence-electron chi connectivity index (χ0n) is 14.5. The van der Waals surface area contributed by atoms with Gasteiger partial charge in [-0.05, 0) is 44.5 Å². The highest BCUT2D eigenvalue weighted by atomic mass is 35.5. The lowest BCUT2D eigenvalue weighted by atomic mass is 9.95. The first-order chi connectivity index (χ1) is 11.1. The van der Waals surface area contributed by atoms with Crippen LogP contribution in [0, 0.1) is 12.8 Å². The molecule has 25 heavy (non-hydrogen) atoms. The minimum atomic E-state index is -0.0200. The molecule has 1 fully saturated rings. The van der Waals surface area contributed by atoms with Crippen molar-refractivity contribution in [2.24, 2.45) is 5.92 Å². The van der Waals surface area contributed by atoms with Crippen molar-refractivity contribution < 1.29 is 4.79 Å². The summed E-state index contributed by atoms with van der Waals surface area (Å²) in [7, 11) is 0. The molecule has 2 aromatic rings. The lowest BCUT2D eigenvalue weighted by molar-refractivity contribution is 0.0913. The molecule has 2 unspecified atom stereocenters. The number of benzene rings is 1. The predicted octanol–water partition coefficient (Wildman–Crippen LogP) is 3.63. The van der Waals surface area contributed by atoms with Crippen LogP contribution in [0.1, 0.15) is 29.4 Å². The third-order valence-corrected chi connectivity index (χ3v) is 4.50. The summed E-state index contributed by atoms with van der Waals surface area (Å²) in [6.45, 7) is 5.97. The zero-order valence-corrected chi connectivity index (χ0v) is 16.1. The topological polar surface area (TPSA) is 54.0 Å². The lowest BCUT2D eigenvalue weighted by Crippen LogP contribution is -2.48. The van der Waals surface area contributed by atoms with Crippen molar-refractivity contribution in [3.05, 3.63) is 53.7 Å². The Morgan fingerprint density at radius 3 is 2.52 bits per heavy atom. The fourth-order valence-electron chi connectivity index (χ4n) is 3.05. The molecular formula is C19H25Cl2N3O. The van der Waals surface area contributed by atoms with E-state index in [9.17, 15) is 4.79 Å². The Morgan fingerprint density at radius 1 is 1.16 bits per heavy atom. The summed E-state index contributed by atoms with van der Waals surface area (Å²) in [6, 6.07) is 14.1. The maximum Gasteiger partial charge on any atom is 0.253 e. The Morgan fingerprint density at radius 2 is 1.88 bits per heavy atom. The molecule has 1 aromatic carbocycles. The van der Waals surface area contributed by atoms with Gasteiger partial charge in [0.2, 0.25) is 0 Å². The minimum absolute atomic E-state index is 0. The van der Waals surface area contributed by atoms with Crippen LogP contribution in [0.15, 0.2) is 42.5 Å². The van der Waals surface area contributed by atoms with E-state index in [0.717, 1.165) is 36.5 Å². The molecule has 2 atom stereocenters. The Balaban J connectivity index is 0.00000156. The maximum atomic E-state index is 12.6. The third kappa shape index (κ3) is 5.18. The van der Waals surface area contributed by atoms with Gasteiger partial charge in [-0.25, -0.2) is 0 Å². The molecule has 1 saturated heterocycles. The van der Waals surface area contributed by atoms with Gasteiger partial charge >= 0.3 is 0 Å². The van der Waals surface area contributed by atoms with Crippen LogP contribution in [0.2, 0.25) is 0 Å². The Bertz CT molecular complexity index is 694. The van der Waals surface area contributed by atoms with Crippen molar-refractivity contribution in [3.63, 3.8) is 0 Å². The standard InChI is InChI=1S/C19H23N3O.2ClH/c1-13-12-20-11-10-17(13)22-19(23)16-8-9-18(21-14(16)2)15-6-4-3-5-7-15;;/h3-9,13,17,20H,10-12H2,1-2H3,(H,22,23);2*1H. The minimum Gasteiger partial charge on any atom is -0.349 e. The maximum absolute atomic E-state index is 12.6. The van der Waals surface area contributed by atoms with Gasteiger partial charge in [-0.2, -0.15) is 0 Å². The van der Waals surface area contributed by atoms with Crippen LogP contribution >= 0.6 is 24.8 Å². The molecule has 1 aliphatic heterocycles. The quantitative estimate of drug-likeness (QED) is 0.853. The molecule has 3 rings (SSSR count). The van der Waals surface area contributed by atoms with Crippen molar-refractivity contribution in [1.82, 2.24) is 15.6 Å². The molecule has 1 aliphatic rings. The number of halogens is 2. The molecule has 2 N–H and O–H groups in total. The smallest absolute Gasteiger partial charge is 0.253 e. The van der Waals surface area contributed by atoms with Crippen LogP contribution in [-0.4, -0.2) is 30.0 Å². The second-order valence-electron chi connectivity index (χ2n) is 6.25. The Hall–Kier alpha value is -1.62. The second-order valence-corrected chi connectivity index (χ2v) is 6.25. The first-order valence-corrected chi connectivity index (χ1v) is 8.20. The number of nitrogens with one attached hydrogen (secondary N) is 2. The number of nitrogens with zero attached hydrogens (tertiary/aromatic N) is 1. The molecule has 136 valence electrons. The van der Waals surface area contributed by atoms with Crippen LogP contribution in [0.25, 0.3) is 11.3 Å². The molecule has 0 bridgehead atoms. The number of carbonyl (C=O) groups excluding carboxylic acids is 1. The van der Waals surface area contributed by atoms with E-state index in [0.29, 0.717) is 11.5 Å². The van der Waals surface area contributed by atoms with Crippen LogP contribution in [0.3, 0.4) is 0 Å². The van der Waals surface area contributed by atoms with E-state index in [2.05, 4.69) is 22.5 Å². The molecule has 0 radical (unpaired) electrons. The highest BCUT2D eigenvalue weighted by Crippen LogP contribution is 2.19. The number of aryl methyl sites for hydroxylation is 1. The predicted molar refractivity (Wildman–Crippen MR) is 107 cm³/mol. The van der Waals surface area contributed by atoms with E-state index in [-0.39, 0.29) is 36.8 Å². The molecule has 4 nitrogen and oxygen atoms in total. The van der Waals surface area contributed by atoms with E-state index in [1.807, 2.05) is 49.4 Å². The van der Waals surface area contributed by atoms with Crippen LogP contribution in [0.4, 0.5) is 0 Å². The zero-order chi connectivity index (χ0) is 16.2. The Labute approximate surface area is 161 Å². The molecule has 0 spiro atoms. The molecule has 0 aliphatic carbocycles. The SMILES string of the molecule is Cc1nc(-c2ccccc2)ccc1C(=O)NC1CCNCC1C.Cl.Cl. The van der Waals surface area contributed by atoms with Gasteiger partial charge in [0.05, 0.1) is 17.0 Å². The molecule has 6 heteroatoms. The summed E-state index contributed by atoms with van der Waals surface area (Å²) >= 11 is 0. The van der Waals surface area contributed by atoms with Crippen molar-refractivity contribution in [2.75, 3.05) is 13.1 Å². The van der Waals surface area contributed by atoms with Crippen molar-refractivity contribution >= 4 is 30.7 Å². The van der Waals surface area contributed by atoms with Crippen LogP contribution in [-0.2, 0) is 0 Å². The summed E-state index contributed by atoms with van der Waals surface area (Å²) in [5, 5.41) is 6.52. The number of carbonyl (C=O) groups is 1. The number of aromatic nitrogens is 1. The van der Waals surface area contributed by atoms with E-state index in [4.69, 9.17) is 0 Å². The molecule has 0 saturated carbocycles. The van der Waals surface area contributed by atoms with E-state index < -0.39 is 0 Å². The average Bonchev–Trinajstić information content (AvgIpc) is 2.57. The number of rotatable bonds is 3. The fourth-order valence-corrected chi connectivity index (χ4v) is 3.05. The number of hydrogen-bond acceptors (Lipinski definition) is 3. The lowest BCUT2D eigenvalue weighted by Gasteiger charge is -2.30. The van der Waals surface area contributed by atoms with E-state index in [1.165, 1.54) is 0 Å². The van der Waals surface area contributed by atoms with Gasteiger partial charge < -0.3 is 10.6 Å². The molecule has 1 aromatic heterocycles. The van der Waals surface area contributed by atoms with Crippen molar-refractivity contribution in [3.8, 4) is 11.3 Å². The Kier molecular flexibility index (Phi) is 8.36. The highest BCUT2D eigenvalue weighted by Gasteiger charge is 2.23. The van der Waals surface area contributed by atoms with E-state index in [1.54, 1.807) is 0 Å². The highest BCUT2D eigenvalue weighted by molar-refractivity contribution is 5.95. The first kappa shape index (κ1) is 21.4. The number of amides is 1. The number of hydrogen-bond donors (Lipinski definition) is 2. The second kappa shape index (κ2) is 9.76. The molecule has 1 amide bonds.